The monoisotopic (exact) mass is 375 g/mol. The zero-order valence-corrected chi connectivity index (χ0v) is 14.9. The van der Waals surface area contributed by atoms with Crippen LogP contribution in [0.15, 0.2) is 59.0 Å². The Morgan fingerprint density at radius 3 is 2.54 bits per heavy atom. The van der Waals surface area contributed by atoms with E-state index in [0.29, 0.717) is 31.4 Å². The first-order chi connectivity index (χ1) is 13.5. The van der Waals surface area contributed by atoms with Gasteiger partial charge in [0.25, 0.3) is 0 Å². The first-order valence-corrected chi connectivity index (χ1v) is 8.86. The molecule has 0 bridgehead atoms. The van der Waals surface area contributed by atoms with E-state index in [1.54, 1.807) is 29.2 Å². The maximum absolute atomic E-state index is 12.6. The number of carboxylic acid groups (broad SMARTS) is 1. The molecule has 0 unspecified atom stereocenters. The largest absolute Gasteiger partial charge is 0.478 e. The van der Waals surface area contributed by atoms with E-state index in [0.717, 1.165) is 22.4 Å². The van der Waals surface area contributed by atoms with Gasteiger partial charge in [0.2, 0.25) is 5.91 Å². The van der Waals surface area contributed by atoms with E-state index in [2.05, 4.69) is 0 Å². The molecule has 1 aliphatic heterocycles. The van der Waals surface area contributed by atoms with E-state index < -0.39 is 5.97 Å². The maximum Gasteiger partial charge on any atom is 0.335 e. The third-order valence-electron chi connectivity index (χ3n) is 4.85. The molecule has 1 aliphatic rings. The quantitative estimate of drug-likeness (QED) is 0.683. The smallest absolute Gasteiger partial charge is 0.335 e. The van der Waals surface area contributed by atoms with Crippen LogP contribution in [0.4, 0.5) is 5.69 Å². The van der Waals surface area contributed by atoms with E-state index in [1.807, 2.05) is 18.2 Å². The molecule has 0 atom stereocenters. The summed E-state index contributed by atoms with van der Waals surface area (Å²) in [7, 11) is 0. The number of amides is 1. The lowest BCUT2D eigenvalue weighted by molar-refractivity contribution is -0.119. The first kappa shape index (κ1) is 17.7. The molecule has 140 valence electrons. The van der Waals surface area contributed by atoms with Gasteiger partial charge in [-0.15, -0.1) is 0 Å². The molecule has 0 spiro atoms. The predicted molar refractivity (Wildman–Crippen MR) is 102 cm³/mol. The number of carboxylic acids is 1. The molecule has 2 aromatic carbocycles. The van der Waals surface area contributed by atoms with Crippen LogP contribution in [0.25, 0.3) is 11.3 Å². The minimum absolute atomic E-state index is 0.0139. The van der Waals surface area contributed by atoms with E-state index in [-0.39, 0.29) is 17.2 Å². The average Bonchev–Trinajstić information content (AvgIpc) is 3.19. The lowest BCUT2D eigenvalue weighted by Gasteiger charge is -2.30. The van der Waals surface area contributed by atoms with Crippen LogP contribution in [0.3, 0.4) is 0 Å². The number of aromatic carboxylic acids is 1. The van der Waals surface area contributed by atoms with Gasteiger partial charge < -0.3 is 14.4 Å². The topological polar surface area (TPSA) is 87.8 Å². The van der Waals surface area contributed by atoms with Crippen LogP contribution in [0.5, 0.6) is 0 Å². The van der Waals surface area contributed by atoms with Gasteiger partial charge in [-0.05, 0) is 47.9 Å². The fraction of sp³-hybridized carbons (Fsp3) is 0.136. The van der Waals surface area contributed by atoms with E-state index in [1.165, 1.54) is 12.1 Å². The second kappa shape index (κ2) is 7.15. The highest BCUT2D eigenvalue weighted by Gasteiger charge is 2.25. The number of aldehydes is 1. The van der Waals surface area contributed by atoms with Gasteiger partial charge in [-0.1, -0.05) is 24.3 Å². The number of benzene rings is 2. The van der Waals surface area contributed by atoms with Gasteiger partial charge in [-0.3, -0.25) is 9.59 Å². The number of hydrogen-bond donors (Lipinski definition) is 1. The van der Waals surface area contributed by atoms with Crippen LogP contribution in [-0.2, 0) is 17.8 Å². The highest BCUT2D eigenvalue weighted by molar-refractivity contribution is 5.97. The highest BCUT2D eigenvalue weighted by atomic mass is 16.4. The molecule has 0 saturated heterocycles. The van der Waals surface area contributed by atoms with Crippen molar-refractivity contribution in [2.45, 2.75) is 19.4 Å². The number of rotatable bonds is 5. The fourth-order valence-corrected chi connectivity index (χ4v) is 3.37. The van der Waals surface area contributed by atoms with Crippen LogP contribution in [0.1, 0.15) is 38.5 Å². The molecule has 28 heavy (non-hydrogen) atoms. The normalized spacial score (nSPS) is 13.3. The molecule has 1 aromatic heterocycles. The van der Waals surface area contributed by atoms with Gasteiger partial charge in [0, 0.05) is 17.7 Å². The Balaban J connectivity index is 1.67. The SMILES string of the molecule is O=Cc1ccc(-c2ccc3c(c2)N(Cc2ccc(C(=O)O)cc2)C(=O)CC3)o1. The molecule has 4 rings (SSSR count). The molecule has 0 fully saturated rings. The minimum atomic E-state index is -0.983. The lowest BCUT2D eigenvalue weighted by atomic mass is 9.97. The molecule has 3 aromatic rings. The highest BCUT2D eigenvalue weighted by Crippen LogP contribution is 2.34. The number of hydrogen-bond acceptors (Lipinski definition) is 4. The Morgan fingerprint density at radius 1 is 1.07 bits per heavy atom. The molecule has 6 heteroatoms. The second-order valence-electron chi connectivity index (χ2n) is 6.65. The van der Waals surface area contributed by atoms with Crippen LogP contribution in [0.2, 0.25) is 0 Å². The number of furan rings is 1. The van der Waals surface area contributed by atoms with Crippen molar-refractivity contribution in [1.82, 2.24) is 0 Å². The number of aryl methyl sites for hydroxylation is 1. The average molecular weight is 375 g/mol. The summed E-state index contributed by atoms with van der Waals surface area (Å²) in [5.41, 5.74) is 3.71. The molecule has 1 amide bonds. The summed E-state index contributed by atoms with van der Waals surface area (Å²) in [6.07, 6.45) is 1.74. The van der Waals surface area contributed by atoms with Crippen molar-refractivity contribution >= 4 is 23.9 Å². The predicted octanol–water partition coefficient (Wildman–Crippen LogP) is 3.94. The molecular weight excluding hydrogens is 358 g/mol. The van der Waals surface area contributed by atoms with Crippen LogP contribution in [-0.4, -0.2) is 23.3 Å². The number of carbonyl (C=O) groups excluding carboxylic acids is 2. The molecule has 2 heterocycles. The number of fused-ring (bicyclic) bond motifs is 1. The summed E-state index contributed by atoms with van der Waals surface area (Å²) >= 11 is 0. The van der Waals surface area contributed by atoms with Crippen molar-refractivity contribution in [3.05, 3.63) is 77.0 Å². The molecule has 0 aliphatic carbocycles. The van der Waals surface area contributed by atoms with Crippen molar-refractivity contribution in [3.8, 4) is 11.3 Å². The molecule has 0 saturated carbocycles. The van der Waals surface area contributed by atoms with Gasteiger partial charge in [0.15, 0.2) is 12.0 Å². The summed E-state index contributed by atoms with van der Waals surface area (Å²) in [4.78, 5) is 36.2. The second-order valence-corrected chi connectivity index (χ2v) is 6.65. The summed E-state index contributed by atoms with van der Waals surface area (Å²) in [5.74, 6) is -0.156. The third kappa shape index (κ3) is 3.32. The zero-order valence-electron chi connectivity index (χ0n) is 14.9. The molecule has 1 N–H and O–H groups in total. The minimum Gasteiger partial charge on any atom is -0.478 e. The summed E-state index contributed by atoms with van der Waals surface area (Å²) < 4.78 is 5.50. The van der Waals surface area contributed by atoms with E-state index in [4.69, 9.17) is 9.52 Å². The van der Waals surface area contributed by atoms with Gasteiger partial charge in [-0.25, -0.2) is 4.79 Å². The third-order valence-corrected chi connectivity index (χ3v) is 4.85. The Kier molecular flexibility index (Phi) is 4.53. The van der Waals surface area contributed by atoms with Gasteiger partial charge in [0.05, 0.1) is 12.1 Å². The van der Waals surface area contributed by atoms with Crippen molar-refractivity contribution in [3.63, 3.8) is 0 Å². The Morgan fingerprint density at radius 2 is 1.86 bits per heavy atom. The fourth-order valence-electron chi connectivity index (χ4n) is 3.37. The van der Waals surface area contributed by atoms with E-state index >= 15 is 0 Å². The van der Waals surface area contributed by atoms with Gasteiger partial charge in [-0.2, -0.15) is 0 Å². The maximum atomic E-state index is 12.6. The first-order valence-electron chi connectivity index (χ1n) is 8.86. The van der Waals surface area contributed by atoms with Crippen molar-refractivity contribution < 1.29 is 23.9 Å². The Bertz CT molecular complexity index is 1060. The summed E-state index contributed by atoms with van der Waals surface area (Å²) in [5, 5.41) is 9.03. The number of anilines is 1. The molecule has 6 nitrogen and oxygen atoms in total. The van der Waals surface area contributed by atoms with Crippen molar-refractivity contribution in [2.24, 2.45) is 0 Å². The van der Waals surface area contributed by atoms with Gasteiger partial charge in [0.1, 0.15) is 5.76 Å². The Hall–Kier alpha value is -3.67. The molecule has 0 radical (unpaired) electrons. The Labute approximate surface area is 161 Å². The van der Waals surface area contributed by atoms with Crippen LogP contribution >= 0.6 is 0 Å². The van der Waals surface area contributed by atoms with Crippen molar-refractivity contribution in [2.75, 3.05) is 4.90 Å². The van der Waals surface area contributed by atoms with E-state index in [9.17, 15) is 14.4 Å². The van der Waals surface area contributed by atoms with Crippen molar-refractivity contribution in [1.29, 1.82) is 0 Å². The number of carbonyl (C=O) groups is 3. The van der Waals surface area contributed by atoms with Gasteiger partial charge >= 0.3 is 5.97 Å². The van der Waals surface area contributed by atoms with Crippen LogP contribution in [0, 0.1) is 0 Å². The lowest BCUT2D eigenvalue weighted by Crippen LogP contribution is -2.34. The molecular formula is C22H17NO5. The zero-order chi connectivity index (χ0) is 19.7. The number of nitrogens with zero attached hydrogens (tertiary/aromatic N) is 1. The summed E-state index contributed by atoms with van der Waals surface area (Å²) in [6.45, 7) is 0.354. The van der Waals surface area contributed by atoms with Crippen LogP contribution < -0.4 is 4.90 Å². The summed E-state index contributed by atoms with van der Waals surface area (Å²) in [6, 6.07) is 15.6. The standard InChI is InChI=1S/C22H17NO5/c24-13-18-8-9-20(28-18)17-6-5-15-7-10-21(25)23(19(15)11-17)12-14-1-3-16(4-2-14)22(26)27/h1-6,8-9,11,13H,7,10,12H2,(H,26,27).